The molecule has 2 aliphatic rings. The van der Waals surface area contributed by atoms with Crippen LogP contribution in [0.25, 0.3) is 38.4 Å². The summed E-state index contributed by atoms with van der Waals surface area (Å²) in [5.41, 5.74) is 9.17. The van der Waals surface area contributed by atoms with Gasteiger partial charge in [0, 0.05) is 56.0 Å². The minimum absolute atomic E-state index is 0.0179. The molecule has 0 spiro atoms. The van der Waals surface area contributed by atoms with Crippen LogP contribution in [0.4, 0.5) is 17.1 Å². The van der Waals surface area contributed by atoms with Crippen LogP contribution in [0.1, 0.15) is 11.1 Å². The van der Waals surface area contributed by atoms with Crippen molar-refractivity contribution in [1.82, 2.24) is 5.32 Å². The lowest BCUT2D eigenvalue weighted by Crippen LogP contribution is -2.39. The molecule has 0 saturated carbocycles. The van der Waals surface area contributed by atoms with Crippen LogP contribution in [-0.2, 0) is 0 Å². The molecule has 1 N–H and O–H groups in total. The molecule has 2 heterocycles. The highest BCUT2D eigenvalue weighted by atomic mass is 16.3. The van der Waals surface area contributed by atoms with E-state index >= 15 is 0 Å². The average molecular weight is 592 g/mol. The summed E-state index contributed by atoms with van der Waals surface area (Å²) in [4.78, 5) is 7.59. The Kier molecular flexibility index (Phi) is 6.17. The number of anilines is 3. The van der Waals surface area contributed by atoms with Crippen molar-refractivity contribution in [3.05, 3.63) is 181 Å². The van der Waals surface area contributed by atoms with Crippen molar-refractivity contribution in [2.45, 2.75) is 6.04 Å². The van der Waals surface area contributed by atoms with Gasteiger partial charge in [0.15, 0.2) is 0 Å². The second-order valence-corrected chi connectivity index (χ2v) is 11.6. The number of para-hydroxylation sites is 2. The van der Waals surface area contributed by atoms with Gasteiger partial charge < -0.3 is 14.6 Å². The second kappa shape index (κ2) is 10.8. The van der Waals surface area contributed by atoms with Crippen molar-refractivity contribution < 1.29 is 4.42 Å². The number of amidine groups is 1. The Morgan fingerprint density at radius 1 is 0.630 bits per heavy atom. The summed E-state index contributed by atoms with van der Waals surface area (Å²) < 4.78 is 6.83. The molecule has 1 aromatic heterocycles. The van der Waals surface area contributed by atoms with Gasteiger partial charge in [0.05, 0.1) is 11.7 Å². The molecule has 46 heavy (non-hydrogen) atoms. The number of fused-ring (bicyclic) bond motifs is 6. The number of nitrogens with zero attached hydrogens (tertiary/aromatic N) is 2. The van der Waals surface area contributed by atoms with E-state index in [1.165, 1.54) is 0 Å². The number of hydrogen-bond donors (Lipinski definition) is 1. The lowest BCUT2D eigenvalue weighted by atomic mass is 9.93. The van der Waals surface area contributed by atoms with Crippen molar-refractivity contribution in [2.75, 3.05) is 4.90 Å². The maximum atomic E-state index is 6.83. The maximum Gasteiger partial charge on any atom is 0.143 e. The molecule has 0 bridgehead atoms. The lowest BCUT2D eigenvalue weighted by Gasteiger charge is -2.28. The molecular weight excluding hydrogens is 562 g/mol. The zero-order valence-corrected chi connectivity index (χ0v) is 25.0. The summed E-state index contributed by atoms with van der Waals surface area (Å²) in [6.45, 7) is 0. The monoisotopic (exact) mass is 591 g/mol. The molecule has 1 atom stereocenters. The first-order chi connectivity index (χ1) is 22.8. The number of allylic oxidation sites excluding steroid dienone is 2. The summed E-state index contributed by atoms with van der Waals surface area (Å²) in [6.07, 6.45) is 8.55. The van der Waals surface area contributed by atoms with E-state index in [0.29, 0.717) is 0 Å². The summed E-state index contributed by atoms with van der Waals surface area (Å²) in [5, 5.41) is 8.07. The summed E-state index contributed by atoms with van der Waals surface area (Å²) in [6, 6.07) is 48.6. The number of benzene rings is 6. The van der Waals surface area contributed by atoms with Crippen LogP contribution in [-0.4, -0.2) is 11.9 Å². The fourth-order valence-electron chi connectivity index (χ4n) is 6.74. The largest absolute Gasteiger partial charge is 0.455 e. The molecule has 0 saturated heterocycles. The van der Waals surface area contributed by atoms with E-state index in [1.807, 2.05) is 18.2 Å². The minimum Gasteiger partial charge on any atom is -0.455 e. The van der Waals surface area contributed by atoms with Gasteiger partial charge in [0.25, 0.3) is 0 Å². The number of rotatable bonds is 5. The smallest absolute Gasteiger partial charge is 0.143 e. The SMILES string of the molecule is C1=CC2=C(c3ccccc3)N=C(c3cc4ccccc4c4oc5cc(N(c6ccccc6)c6ccccc6)ccc5c34)NC2C=C1. The zero-order valence-electron chi connectivity index (χ0n) is 25.0. The van der Waals surface area contributed by atoms with Crippen LogP contribution in [0.3, 0.4) is 0 Å². The molecule has 9 rings (SSSR count). The molecule has 1 unspecified atom stereocenters. The van der Waals surface area contributed by atoms with E-state index in [-0.39, 0.29) is 6.04 Å². The van der Waals surface area contributed by atoms with E-state index in [0.717, 1.165) is 78.0 Å². The Morgan fingerprint density at radius 2 is 1.33 bits per heavy atom. The predicted octanol–water partition coefficient (Wildman–Crippen LogP) is 10.5. The first-order valence-electron chi connectivity index (χ1n) is 15.6. The van der Waals surface area contributed by atoms with E-state index in [2.05, 4.69) is 156 Å². The van der Waals surface area contributed by atoms with Crippen molar-refractivity contribution in [2.24, 2.45) is 4.99 Å². The third-order valence-electron chi connectivity index (χ3n) is 8.85. The molecular formula is C42H29N3O. The third-order valence-corrected chi connectivity index (χ3v) is 8.85. The third kappa shape index (κ3) is 4.34. The highest BCUT2D eigenvalue weighted by molar-refractivity contribution is 6.25. The van der Waals surface area contributed by atoms with Gasteiger partial charge in [-0.2, -0.15) is 0 Å². The van der Waals surface area contributed by atoms with E-state index < -0.39 is 0 Å². The predicted molar refractivity (Wildman–Crippen MR) is 191 cm³/mol. The molecule has 1 aliphatic heterocycles. The molecule has 1 aliphatic carbocycles. The van der Waals surface area contributed by atoms with Crippen LogP contribution in [0.2, 0.25) is 0 Å². The summed E-state index contributed by atoms with van der Waals surface area (Å²) in [7, 11) is 0. The molecule has 0 radical (unpaired) electrons. The van der Waals surface area contributed by atoms with E-state index in [4.69, 9.17) is 9.41 Å². The standard InChI is InChI=1S/C42H29N3O/c1-4-14-28(15-5-1)40-34-22-12-13-23-37(34)43-42(44-40)36-26-29-16-10-11-21-33(29)41-39(36)35-25-24-32(27-38(35)46-41)45(30-17-6-2-7-18-30)31-19-8-3-9-20-31/h1-27,37H,(H,43,44). The van der Waals surface area contributed by atoms with Crippen LogP contribution in [0, 0.1) is 0 Å². The van der Waals surface area contributed by atoms with Gasteiger partial charge in [-0.05, 0) is 47.9 Å². The average Bonchev–Trinajstić information content (AvgIpc) is 3.51. The molecule has 4 nitrogen and oxygen atoms in total. The highest BCUT2D eigenvalue weighted by Gasteiger charge is 2.27. The Hall–Kier alpha value is -6.13. The van der Waals surface area contributed by atoms with Crippen LogP contribution in [0.15, 0.2) is 179 Å². The number of aliphatic imine (C=N–C) groups is 1. The lowest BCUT2D eigenvalue weighted by molar-refractivity contribution is 0.672. The number of nitrogens with one attached hydrogen (secondary N) is 1. The molecule has 4 heteroatoms. The Labute approximate surface area is 266 Å². The molecule has 0 amide bonds. The van der Waals surface area contributed by atoms with Gasteiger partial charge in [0.1, 0.15) is 17.0 Å². The maximum absolute atomic E-state index is 6.83. The van der Waals surface area contributed by atoms with Gasteiger partial charge in [-0.15, -0.1) is 0 Å². The molecule has 0 fully saturated rings. The zero-order chi connectivity index (χ0) is 30.5. The summed E-state index contributed by atoms with van der Waals surface area (Å²) in [5.74, 6) is 0.838. The fourth-order valence-corrected chi connectivity index (χ4v) is 6.74. The van der Waals surface area contributed by atoms with Gasteiger partial charge in [-0.25, -0.2) is 4.99 Å². The van der Waals surface area contributed by atoms with Crippen molar-refractivity contribution in [3.63, 3.8) is 0 Å². The van der Waals surface area contributed by atoms with Gasteiger partial charge in [-0.1, -0.05) is 115 Å². The van der Waals surface area contributed by atoms with Crippen LogP contribution in [0.5, 0.6) is 0 Å². The first-order valence-corrected chi connectivity index (χ1v) is 15.6. The number of furan rings is 1. The fraction of sp³-hybridized carbons (Fsp3) is 0.0238. The van der Waals surface area contributed by atoms with Crippen LogP contribution < -0.4 is 10.2 Å². The first kappa shape index (κ1) is 26.3. The van der Waals surface area contributed by atoms with Crippen molar-refractivity contribution in [1.29, 1.82) is 0 Å². The molecule has 218 valence electrons. The van der Waals surface area contributed by atoms with Crippen molar-refractivity contribution >= 4 is 61.3 Å². The van der Waals surface area contributed by atoms with Gasteiger partial charge in [0.2, 0.25) is 0 Å². The minimum atomic E-state index is 0.0179. The van der Waals surface area contributed by atoms with Crippen LogP contribution >= 0.6 is 0 Å². The Bertz CT molecular complexity index is 2340. The van der Waals surface area contributed by atoms with Gasteiger partial charge in [-0.3, -0.25) is 0 Å². The quantitative estimate of drug-likeness (QED) is 0.216. The Morgan fingerprint density at radius 3 is 2.09 bits per heavy atom. The molecule has 7 aromatic rings. The van der Waals surface area contributed by atoms with E-state index in [1.54, 1.807) is 0 Å². The normalized spacial score (nSPS) is 15.7. The summed E-state index contributed by atoms with van der Waals surface area (Å²) >= 11 is 0. The van der Waals surface area contributed by atoms with Crippen molar-refractivity contribution in [3.8, 4) is 0 Å². The Balaban J connectivity index is 1.28. The van der Waals surface area contributed by atoms with E-state index in [9.17, 15) is 0 Å². The van der Waals surface area contributed by atoms with Gasteiger partial charge >= 0.3 is 0 Å². The highest BCUT2D eigenvalue weighted by Crippen LogP contribution is 2.42. The second-order valence-electron chi connectivity index (χ2n) is 11.6. The topological polar surface area (TPSA) is 40.8 Å². The number of hydrogen-bond acceptors (Lipinski definition) is 4. The molecule has 6 aromatic carbocycles.